The van der Waals surface area contributed by atoms with Gasteiger partial charge in [-0.15, -0.1) is 11.3 Å². The minimum atomic E-state index is -0.172. The van der Waals surface area contributed by atoms with Gasteiger partial charge in [0.05, 0.1) is 15.8 Å². The number of imidazole rings is 1. The molecule has 21 heavy (non-hydrogen) atoms. The molecule has 0 saturated heterocycles. The Labute approximate surface area is 128 Å². The smallest absolute Gasteiger partial charge is 0.261 e. The van der Waals surface area contributed by atoms with Crippen molar-refractivity contribution in [3.8, 4) is 0 Å². The monoisotopic (exact) mass is 305 g/mol. The van der Waals surface area contributed by atoms with Crippen LogP contribution in [0.4, 0.5) is 0 Å². The van der Waals surface area contributed by atoms with Gasteiger partial charge < -0.3 is 9.88 Å². The van der Waals surface area contributed by atoms with Crippen LogP contribution in [-0.4, -0.2) is 21.2 Å². The lowest BCUT2D eigenvalue weighted by Gasteiger charge is -2.21. The first-order valence-electron chi connectivity index (χ1n) is 6.79. The molecule has 2 rings (SSSR count). The van der Waals surface area contributed by atoms with E-state index in [1.54, 1.807) is 18.3 Å². The molecule has 5 nitrogen and oxygen atoms in total. The summed E-state index contributed by atoms with van der Waals surface area (Å²) in [5, 5.41) is 3.01. The Morgan fingerprint density at radius 2 is 1.95 bits per heavy atom. The van der Waals surface area contributed by atoms with Crippen LogP contribution in [0, 0.1) is 5.92 Å². The van der Waals surface area contributed by atoms with Crippen LogP contribution in [0.15, 0.2) is 24.5 Å². The van der Waals surface area contributed by atoms with Crippen molar-refractivity contribution in [2.75, 3.05) is 0 Å². The quantitative estimate of drug-likeness (QED) is 0.864. The van der Waals surface area contributed by atoms with E-state index in [1.807, 2.05) is 31.7 Å². The first-order valence-corrected chi connectivity index (χ1v) is 7.60. The molecule has 1 amide bonds. The molecule has 0 aliphatic rings. The first-order chi connectivity index (χ1) is 9.90. The van der Waals surface area contributed by atoms with Gasteiger partial charge in [-0.1, -0.05) is 13.8 Å². The van der Waals surface area contributed by atoms with E-state index >= 15 is 0 Å². The van der Waals surface area contributed by atoms with E-state index < -0.39 is 0 Å². The lowest BCUT2D eigenvalue weighted by atomic mass is 10.0. The fourth-order valence-corrected chi connectivity index (χ4v) is 2.87. The number of amides is 1. The Bertz CT molecular complexity index is 657. The second kappa shape index (κ2) is 6.22. The first kappa shape index (κ1) is 15.4. The van der Waals surface area contributed by atoms with E-state index in [4.69, 9.17) is 0 Å². The lowest BCUT2D eigenvalue weighted by molar-refractivity contribution is 0.0926. The number of aromatic nitrogens is 2. The van der Waals surface area contributed by atoms with Crippen molar-refractivity contribution in [1.82, 2.24) is 14.9 Å². The molecule has 0 radical (unpaired) electrons. The number of Topliss-reactive ketones (excluding diaryl/α,β-unsaturated/α-hetero) is 1. The van der Waals surface area contributed by atoms with Gasteiger partial charge in [0.2, 0.25) is 0 Å². The minimum absolute atomic E-state index is 0.0245. The molecule has 1 atom stereocenters. The predicted molar refractivity (Wildman–Crippen MR) is 82.6 cm³/mol. The SMILES string of the molecule is CC(=O)c1ccc(C(=O)NC(c2nccn2C)C(C)C)s1. The summed E-state index contributed by atoms with van der Waals surface area (Å²) in [6, 6.07) is 3.21. The number of nitrogens with one attached hydrogen (secondary N) is 1. The summed E-state index contributed by atoms with van der Waals surface area (Å²) < 4.78 is 1.90. The van der Waals surface area contributed by atoms with Crippen molar-refractivity contribution in [3.63, 3.8) is 0 Å². The van der Waals surface area contributed by atoms with Gasteiger partial charge in [-0.3, -0.25) is 9.59 Å². The molecule has 1 unspecified atom stereocenters. The summed E-state index contributed by atoms with van der Waals surface area (Å²) in [6.07, 6.45) is 3.58. The summed E-state index contributed by atoms with van der Waals surface area (Å²) in [4.78, 5) is 29.1. The number of nitrogens with zero attached hydrogens (tertiary/aromatic N) is 2. The third kappa shape index (κ3) is 3.39. The predicted octanol–water partition coefficient (Wildman–Crippen LogP) is 2.81. The van der Waals surface area contributed by atoms with Crippen LogP contribution < -0.4 is 5.32 Å². The van der Waals surface area contributed by atoms with Crippen LogP contribution in [-0.2, 0) is 7.05 Å². The number of ketones is 1. The average molecular weight is 305 g/mol. The molecule has 1 N–H and O–H groups in total. The maximum atomic E-state index is 12.4. The van der Waals surface area contributed by atoms with Crippen molar-refractivity contribution >= 4 is 23.0 Å². The van der Waals surface area contributed by atoms with Crippen LogP contribution in [0.2, 0.25) is 0 Å². The van der Waals surface area contributed by atoms with Crippen LogP contribution in [0.25, 0.3) is 0 Å². The van der Waals surface area contributed by atoms with Gasteiger partial charge in [-0.25, -0.2) is 4.98 Å². The Balaban J connectivity index is 2.19. The highest BCUT2D eigenvalue weighted by Gasteiger charge is 2.23. The molecule has 2 aromatic heterocycles. The van der Waals surface area contributed by atoms with Crippen molar-refractivity contribution in [2.45, 2.75) is 26.8 Å². The Morgan fingerprint density at radius 1 is 1.29 bits per heavy atom. The van der Waals surface area contributed by atoms with E-state index in [0.29, 0.717) is 9.75 Å². The number of hydrogen-bond donors (Lipinski definition) is 1. The third-order valence-corrected chi connectivity index (χ3v) is 4.45. The summed E-state index contributed by atoms with van der Waals surface area (Å²) >= 11 is 1.22. The van der Waals surface area contributed by atoms with Crippen molar-refractivity contribution in [3.05, 3.63) is 40.1 Å². The van der Waals surface area contributed by atoms with E-state index in [2.05, 4.69) is 10.3 Å². The summed E-state index contributed by atoms with van der Waals surface area (Å²) in [5.41, 5.74) is 0. The number of thiophene rings is 1. The van der Waals surface area contributed by atoms with E-state index in [0.717, 1.165) is 5.82 Å². The molecule has 112 valence electrons. The number of carbonyl (C=O) groups is 2. The van der Waals surface area contributed by atoms with Crippen LogP contribution in [0.1, 0.15) is 52.0 Å². The molecule has 0 spiro atoms. The van der Waals surface area contributed by atoms with Crippen LogP contribution in [0.5, 0.6) is 0 Å². The van der Waals surface area contributed by atoms with Crippen LogP contribution >= 0.6 is 11.3 Å². The van der Waals surface area contributed by atoms with E-state index in [1.165, 1.54) is 18.3 Å². The maximum absolute atomic E-state index is 12.4. The van der Waals surface area contributed by atoms with Gasteiger partial charge in [0.1, 0.15) is 5.82 Å². The number of aryl methyl sites for hydroxylation is 1. The molecular formula is C15H19N3O2S. The third-order valence-electron chi connectivity index (χ3n) is 3.27. The summed E-state index contributed by atoms with van der Waals surface area (Å²) in [5.74, 6) is 0.835. The van der Waals surface area contributed by atoms with E-state index in [9.17, 15) is 9.59 Å². The zero-order valence-electron chi connectivity index (χ0n) is 12.6. The fraction of sp³-hybridized carbons (Fsp3) is 0.400. The Hall–Kier alpha value is -1.95. The molecule has 0 fully saturated rings. The minimum Gasteiger partial charge on any atom is -0.341 e. The second-order valence-corrected chi connectivity index (χ2v) is 6.40. The average Bonchev–Trinajstić information content (AvgIpc) is 3.04. The highest BCUT2D eigenvalue weighted by Crippen LogP contribution is 2.22. The van der Waals surface area contributed by atoms with Gasteiger partial charge in [0, 0.05) is 19.4 Å². The highest BCUT2D eigenvalue weighted by atomic mass is 32.1. The summed E-state index contributed by atoms with van der Waals surface area (Å²) in [6.45, 7) is 5.57. The molecule has 0 aliphatic heterocycles. The highest BCUT2D eigenvalue weighted by molar-refractivity contribution is 7.15. The molecule has 0 aliphatic carbocycles. The van der Waals surface area contributed by atoms with Gasteiger partial charge in [-0.2, -0.15) is 0 Å². The molecular weight excluding hydrogens is 286 g/mol. The molecule has 0 saturated carbocycles. The van der Waals surface area contributed by atoms with Crippen molar-refractivity contribution in [1.29, 1.82) is 0 Å². The number of carbonyl (C=O) groups excluding carboxylic acids is 2. The number of rotatable bonds is 5. The molecule has 6 heteroatoms. The Morgan fingerprint density at radius 3 is 2.43 bits per heavy atom. The molecule has 2 aromatic rings. The van der Waals surface area contributed by atoms with Gasteiger partial charge in [-0.05, 0) is 25.0 Å². The molecule has 2 heterocycles. The van der Waals surface area contributed by atoms with Gasteiger partial charge >= 0.3 is 0 Å². The summed E-state index contributed by atoms with van der Waals surface area (Å²) in [7, 11) is 1.91. The van der Waals surface area contributed by atoms with Crippen LogP contribution in [0.3, 0.4) is 0 Å². The molecule has 0 bridgehead atoms. The van der Waals surface area contributed by atoms with Crippen molar-refractivity contribution in [2.24, 2.45) is 13.0 Å². The fourth-order valence-electron chi connectivity index (χ4n) is 2.07. The normalized spacial score (nSPS) is 12.4. The topological polar surface area (TPSA) is 64.0 Å². The van der Waals surface area contributed by atoms with E-state index in [-0.39, 0.29) is 23.7 Å². The Kier molecular flexibility index (Phi) is 4.57. The lowest BCUT2D eigenvalue weighted by Crippen LogP contribution is -2.33. The molecule has 0 aromatic carbocycles. The standard InChI is InChI=1S/C15H19N3O2S/c1-9(2)13(14-16-7-8-18(14)4)17-15(20)12-6-5-11(21-12)10(3)19/h5-9,13H,1-4H3,(H,17,20). The zero-order chi connectivity index (χ0) is 15.6. The van der Waals surface area contributed by atoms with Crippen molar-refractivity contribution < 1.29 is 9.59 Å². The second-order valence-electron chi connectivity index (χ2n) is 5.31. The van der Waals surface area contributed by atoms with Gasteiger partial charge in [0.15, 0.2) is 5.78 Å². The zero-order valence-corrected chi connectivity index (χ0v) is 13.4. The van der Waals surface area contributed by atoms with Gasteiger partial charge in [0.25, 0.3) is 5.91 Å². The maximum Gasteiger partial charge on any atom is 0.261 e. The largest absolute Gasteiger partial charge is 0.341 e. The number of hydrogen-bond acceptors (Lipinski definition) is 4.